The highest BCUT2D eigenvalue weighted by molar-refractivity contribution is 7.89. The topological polar surface area (TPSA) is 117 Å². The normalized spacial score (nSPS) is 12.6. The van der Waals surface area contributed by atoms with Gasteiger partial charge in [0.25, 0.3) is 11.5 Å². The summed E-state index contributed by atoms with van der Waals surface area (Å²) in [6, 6.07) is 8.07. The number of ether oxygens (including phenoxy) is 1. The minimum absolute atomic E-state index is 0.0320. The molecular formula is C16H19N3O5S. The zero-order chi connectivity index (χ0) is 18.4. The summed E-state index contributed by atoms with van der Waals surface area (Å²) >= 11 is 0. The molecule has 9 heteroatoms. The Morgan fingerprint density at radius 3 is 2.52 bits per heavy atom. The van der Waals surface area contributed by atoms with Gasteiger partial charge >= 0.3 is 0 Å². The summed E-state index contributed by atoms with van der Waals surface area (Å²) in [6.45, 7) is 1.92. The molecule has 0 aliphatic carbocycles. The van der Waals surface area contributed by atoms with Crippen LogP contribution in [0.25, 0.3) is 0 Å². The van der Waals surface area contributed by atoms with E-state index in [1.807, 2.05) is 0 Å². The van der Waals surface area contributed by atoms with E-state index in [2.05, 4.69) is 15.0 Å². The molecule has 2 rings (SSSR count). The zero-order valence-electron chi connectivity index (χ0n) is 13.8. The molecule has 25 heavy (non-hydrogen) atoms. The summed E-state index contributed by atoms with van der Waals surface area (Å²) in [5, 5.41) is 2.47. The third-order valence-electron chi connectivity index (χ3n) is 3.27. The van der Waals surface area contributed by atoms with E-state index in [9.17, 15) is 18.0 Å². The number of hydrogen-bond donors (Lipinski definition) is 3. The lowest BCUT2D eigenvalue weighted by molar-refractivity contribution is 0.102. The molecule has 1 atom stereocenters. The van der Waals surface area contributed by atoms with Crippen molar-refractivity contribution in [2.75, 3.05) is 19.0 Å². The number of anilines is 1. The van der Waals surface area contributed by atoms with E-state index in [4.69, 9.17) is 4.74 Å². The number of aromatic amines is 1. The van der Waals surface area contributed by atoms with E-state index in [1.165, 1.54) is 43.6 Å². The highest BCUT2D eigenvalue weighted by atomic mass is 32.2. The molecule has 0 aliphatic heterocycles. The Hall–Kier alpha value is -2.49. The second kappa shape index (κ2) is 8.06. The molecule has 0 saturated heterocycles. The van der Waals surface area contributed by atoms with Crippen molar-refractivity contribution in [3.63, 3.8) is 0 Å². The molecule has 8 nitrogen and oxygen atoms in total. The number of nitrogens with one attached hydrogen (secondary N) is 3. The Bertz CT molecular complexity index is 890. The van der Waals surface area contributed by atoms with Crippen LogP contribution >= 0.6 is 0 Å². The maximum Gasteiger partial charge on any atom is 0.271 e. The van der Waals surface area contributed by atoms with E-state index in [0.29, 0.717) is 0 Å². The first-order chi connectivity index (χ1) is 11.8. The summed E-state index contributed by atoms with van der Waals surface area (Å²) in [5.74, 6) is -0.513. The lowest BCUT2D eigenvalue weighted by Crippen LogP contribution is -2.35. The number of carbonyl (C=O) groups is 1. The molecule has 1 unspecified atom stereocenters. The second-order valence-electron chi connectivity index (χ2n) is 5.37. The number of hydrogen-bond acceptors (Lipinski definition) is 5. The van der Waals surface area contributed by atoms with Crippen LogP contribution < -0.4 is 15.6 Å². The Balaban J connectivity index is 2.12. The highest BCUT2D eigenvalue weighted by Gasteiger charge is 2.18. The number of amides is 1. The van der Waals surface area contributed by atoms with Crippen LogP contribution in [-0.2, 0) is 14.8 Å². The molecule has 0 aliphatic rings. The number of pyridine rings is 1. The van der Waals surface area contributed by atoms with Crippen LogP contribution in [-0.4, -0.2) is 39.1 Å². The molecule has 1 aromatic heterocycles. The van der Waals surface area contributed by atoms with E-state index >= 15 is 0 Å². The lowest BCUT2D eigenvalue weighted by atomic mass is 10.2. The fraction of sp³-hybridized carbons (Fsp3) is 0.250. The smallest absolute Gasteiger partial charge is 0.271 e. The van der Waals surface area contributed by atoms with Crippen LogP contribution in [0.15, 0.2) is 52.3 Å². The van der Waals surface area contributed by atoms with Crippen LogP contribution in [0.3, 0.4) is 0 Å². The molecule has 1 amide bonds. The molecule has 0 radical (unpaired) electrons. The molecule has 0 fully saturated rings. The van der Waals surface area contributed by atoms with Gasteiger partial charge in [0.2, 0.25) is 10.0 Å². The Morgan fingerprint density at radius 2 is 1.92 bits per heavy atom. The first-order valence-electron chi connectivity index (χ1n) is 7.44. The predicted octanol–water partition coefficient (Wildman–Crippen LogP) is 0.940. The largest absolute Gasteiger partial charge is 0.383 e. The van der Waals surface area contributed by atoms with Crippen LogP contribution in [0.4, 0.5) is 5.69 Å². The average Bonchev–Trinajstić information content (AvgIpc) is 2.57. The minimum Gasteiger partial charge on any atom is -0.383 e. The van der Waals surface area contributed by atoms with Crippen molar-refractivity contribution in [1.29, 1.82) is 0 Å². The molecule has 1 heterocycles. The first kappa shape index (κ1) is 18.8. The molecule has 0 spiro atoms. The van der Waals surface area contributed by atoms with Gasteiger partial charge in [-0.1, -0.05) is 0 Å². The Morgan fingerprint density at radius 1 is 1.24 bits per heavy atom. The van der Waals surface area contributed by atoms with E-state index in [-0.39, 0.29) is 28.8 Å². The molecule has 2 aromatic rings. The van der Waals surface area contributed by atoms with Crippen LogP contribution in [0.5, 0.6) is 0 Å². The monoisotopic (exact) mass is 365 g/mol. The molecule has 0 saturated carbocycles. The highest BCUT2D eigenvalue weighted by Crippen LogP contribution is 2.12. The fourth-order valence-electron chi connectivity index (χ4n) is 2.12. The third kappa shape index (κ3) is 4.99. The summed E-state index contributed by atoms with van der Waals surface area (Å²) < 4.78 is 31.8. The Labute approximate surface area is 145 Å². The van der Waals surface area contributed by atoms with E-state index in [1.54, 1.807) is 13.0 Å². The first-order valence-corrected chi connectivity index (χ1v) is 8.92. The van der Waals surface area contributed by atoms with Gasteiger partial charge in [0.1, 0.15) is 5.69 Å². The summed E-state index contributed by atoms with van der Waals surface area (Å²) in [4.78, 5) is 26.2. The van der Waals surface area contributed by atoms with Crippen LogP contribution in [0, 0.1) is 0 Å². The van der Waals surface area contributed by atoms with Gasteiger partial charge < -0.3 is 15.0 Å². The van der Waals surface area contributed by atoms with E-state index in [0.717, 1.165) is 0 Å². The zero-order valence-corrected chi connectivity index (χ0v) is 14.6. The van der Waals surface area contributed by atoms with Gasteiger partial charge in [0.05, 0.1) is 11.5 Å². The van der Waals surface area contributed by atoms with Gasteiger partial charge in [-0.15, -0.1) is 0 Å². The van der Waals surface area contributed by atoms with E-state index < -0.39 is 21.5 Å². The summed E-state index contributed by atoms with van der Waals surface area (Å²) in [6.07, 6.45) is 1.45. The Kier molecular flexibility index (Phi) is 6.07. The molecular weight excluding hydrogens is 346 g/mol. The fourth-order valence-corrected chi connectivity index (χ4v) is 3.35. The van der Waals surface area contributed by atoms with Gasteiger partial charge in [-0.3, -0.25) is 9.59 Å². The molecule has 3 N–H and O–H groups in total. The van der Waals surface area contributed by atoms with Crippen molar-refractivity contribution in [3.05, 3.63) is 58.5 Å². The molecule has 0 bridgehead atoms. The van der Waals surface area contributed by atoms with Crippen molar-refractivity contribution >= 4 is 21.6 Å². The van der Waals surface area contributed by atoms with Crippen LogP contribution in [0.2, 0.25) is 0 Å². The number of carbonyl (C=O) groups excluding carboxylic acids is 1. The number of benzene rings is 1. The van der Waals surface area contributed by atoms with Crippen molar-refractivity contribution in [1.82, 2.24) is 9.71 Å². The van der Waals surface area contributed by atoms with Gasteiger partial charge in [0.15, 0.2) is 0 Å². The van der Waals surface area contributed by atoms with Gasteiger partial charge in [-0.2, -0.15) is 0 Å². The summed E-state index contributed by atoms with van der Waals surface area (Å²) in [7, 11) is -2.22. The maximum atomic E-state index is 12.2. The maximum absolute atomic E-state index is 12.2. The van der Waals surface area contributed by atoms with Crippen molar-refractivity contribution in [2.45, 2.75) is 17.9 Å². The number of H-pyrrole nitrogens is 1. The minimum atomic E-state index is -3.71. The molecule has 134 valence electrons. The standard InChI is InChI=1S/C16H19N3O5S/c1-11(10-24-2)19-25(22,23)13-7-5-12(6-8-13)15(20)18-14-4-3-9-17-16(14)21/h3-9,11,19H,10H2,1-2H3,(H,17,21)(H,18,20). The lowest BCUT2D eigenvalue weighted by Gasteiger charge is -2.13. The number of aromatic nitrogens is 1. The van der Waals surface area contributed by atoms with Crippen molar-refractivity contribution in [2.24, 2.45) is 0 Å². The van der Waals surface area contributed by atoms with Gasteiger partial charge in [-0.25, -0.2) is 13.1 Å². The molecule has 1 aromatic carbocycles. The number of rotatable bonds is 7. The van der Waals surface area contributed by atoms with Crippen molar-refractivity contribution in [3.8, 4) is 0 Å². The van der Waals surface area contributed by atoms with Gasteiger partial charge in [-0.05, 0) is 43.3 Å². The quantitative estimate of drug-likeness (QED) is 0.675. The van der Waals surface area contributed by atoms with Gasteiger partial charge in [0, 0.05) is 24.9 Å². The number of methoxy groups -OCH3 is 1. The predicted molar refractivity (Wildman–Crippen MR) is 93.1 cm³/mol. The number of sulfonamides is 1. The SMILES string of the molecule is COCC(C)NS(=O)(=O)c1ccc(C(=O)Nc2ccc[nH]c2=O)cc1. The third-order valence-corrected chi connectivity index (χ3v) is 4.87. The average molecular weight is 365 g/mol. The van der Waals surface area contributed by atoms with Crippen LogP contribution in [0.1, 0.15) is 17.3 Å². The second-order valence-corrected chi connectivity index (χ2v) is 7.08. The van der Waals surface area contributed by atoms with Crippen molar-refractivity contribution < 1.29 is 17.9 Å². The summed E-state index contributed by atoms with van der Waals surface area (Å²) in [5.41, 5.74) is -0.0854.